The predicted molar refractivity (Wildman–Crippen MR) is 138 cm³/mol. The van der Waals surface area contributed by atoms with Crippen LogP contribution in [-0.4, -0.2) is 22.9 Å². The van der Waals surface area contributed by atoms with Crippen LogP contribution in [-0.2, 0) is 11.2 Å². The van der Waals surface area contributed by atoms with Gasteiger partial charge in [-0.3, -0.25) is 19.1 Å². The third kappa shape index (κ3) is 4.65. The lowest BCUT2D eigenvalue weighted by Crippen LogP contribution is -2.35. The van der Waals surface area contributed by atoms with Gasteiger partial charge in [0, 0.05) is 41.6 Å². The molecule has 0 spiro atoms. The van der Waals surface area contributed by atoms with E-state index in [0.717, 1.165) is 5.56 Å². The largest absolute Gasteiger partial charge is 0.326 e. The molecule has 0 bridgehead atoms. The second-order valence-corrected chi connectivity index (χ2v) is 8.92. The molecule has 0 saturated carbocycles. The minimum Gasteiger partial charge on any atom is -0.308 e. The molecule has 1 aliphatic rings. The second-order valence-electron chi connectivity index (χ2n) is 8.49. The predicted octanol–water partition coefficient (Wildman–Crippen LogP) is 5.58. The Balaban J connectivity index is 1.35. The van der Waals surface area contributed by atoms with Gasteiger partial charge in [0.05, 0.1) is 11.6 Å². The van der Waals surface area contributed by atoms with Gasteiger partial charge in [-0.25, -0.2) is 9.18 Å². The van der Waals surface area contributed by atoms with Gasteiger partial charge >= 0.3 is 6.03 Å². The Morgan fingerprint density at radius 3 is 2.47 bits per heavy atom. The third-order valence-electron chi connectivity index (χ3n) is 6.20. The SMILES string of the molecule is O=C(Cc1ccc(-n2ccccc2=O)cc1F)C1CN(C(=O)Nc2ccc(Cl)cc2)c2ccccc21. The Morgan fingerprint density at radius 1 is 0.972 bits per heavy atom. The first-order valence-corrected chi connectivity index (χ1v) is 11.7. The molecule has 0 aliphatic carbocycles. The van der Waals surface area contributed by atoms with Gasteiger partial charge in [0.2, 0.25) is 0 Å². The summed E-state index contributed by atoms with van der Waals surface area (Å²) in [6, 6.07) is 22.7. The van der Waals surface area contributed by atoms with Crippen LogP contribution in [0.4, 0.5) is 20.6 Å². The quantitative estimate of drug-likeness (QED) is 0.388. The van der Waals surface area contributed by atoms with Gasteiger partial charge in [-0.15, -0.1) is 0 Å². The van der Waals surface area contributed by atoms with E-state index >= 15 is 0 Å². The molecule has 1 aliphatic heterocycles. The Kier molecular flexibility index (Phi) is 6.40. The van der Waals surface area contributed by atoms with E-state index in [2.05, 4.69) is 5.32 Å². The molecule has 4 aromatic rings. The lowest BCUT2D eigenvalue weighted by Gasteiger charge is -2.18. The summed E-state index contributed by atoms with van der Waals surface area (Å²) in [5, 5.41) is 3.38. The molecule has 0 fully saturated rings. The van der Waals surface area contributed by atoms with E-state index in [1.807, 2.05) is 12.1 Å². The summed E-state index contributed by atoms with van der Waals surface area (Å²) in [5.41, 5.74) is 2.28. The smallest absolute Gasteiger partial charge is 0.308 e. The number of halogens is 2. The number of anilines is 2. The highest BCUT2D eigenvalue weighted by Crippen LogP contribution is 2.37. The van der Waals surface area contributed by atoms with E-state index in [0.29, 0.717) is 22.1 Å². The van der Waals surface area contributed by atoms with E-state index in [-0.39, 0.29) is 35.9 Å². The van der Waals surface area contributed by atoms with Gasteiger partial charge in [0.15, 0.2) is 0 Å². The topological polar surface area (TPSA) is 71.4 Å². The molecule has 1 atom stereocenters. The van der Waals surface area contributed by atoms with E-state index in [1.165, 1.54) is 27.7 Å². The summed E-state index contributed by atoms with van der Waals surface area (Å²) < 4.78 is 16.3. The van der Waals surface area contributed by atoms with E-state index in [1.54, 1.807) is 60.8 Å². The van der Waals surface area contributed by atoms with Gasteiger partial charge in [-0.05, 0) is 59.7 Å². The highest BCUT2D eigenvalue weighted by atomic mass is 35.5. The van der Waals surface area contributed by atoms with E-state index < -0.39 is 11.7 Å². The molecular formula is C28H21ClFN3O3. The van der Waals surface area contributed by atoms with E-state index in [9.17, 15) is 18.8 Å². The van der Waals surface area contributed by atoms with E-state index in [4.69, 9.17) is 11.6 Å². The van der Waals surface area contributed by atoms with Crippen molar-refractivity contribution < 1.29 is 14.0 Å². The molecule has 6 nitrogen and oxygen atoms in total. The molecule has 5 rings (SSSR count). The number of ketones is 1. The zero-order chi connectivity index (χ0) is 25.2. The number of rotatable bonds is 5. The molecule has 1 N–H and O–H groups in total. The molecule has 1 aromatic heterocycles. The molecular weight excluding hydrogens is 481 g/mol. The lowest BCUT2D eigenvalue weighted by molar-refractivity contribution is -0.119. The molecule has 36 heavy (non-hydrogen) atoms. The number of para-hydroxylation sites is 1. The Morgan fingerprint density at radius 2 is 1.72 bits per heavy atom. The summed E-state index contributed by atoms with van der Waals surface area (Å²) in [7, 11) is 0. The number of carbonyl (C=O) groups excluding carboxylic acids is 2. The number of nitrogens with one attached hydrogen (secondary N) is 1. The van der Waals surface area contributed by atoms with Crippen molar-refractivity contribution in [2.75, 3.05) is 16.8 Å². The fourth-order valence-corrected chi connectivity index (χ4v) is 4.51. The van der Waals surface area contributed by atoms with Crippen molar-refractivity contribution in [3.63, 3.8) is 0 Å². The van der Waals surface area contributed by atoms with Crippen molar-refractivity contribution in [3.05, 3.63) is 123 Å². The fourth-order valence-electron chi connectivity index (χ4n) is 4.38. The van der Waals surface area contributed by atoms with Gasteiger partial charge in [-0.1, -0.05) is 41.9 Å². The highest BCUT2D eigenvalue weighted by Gasteiger charge is 2.36. The van der Waals surface area contributed by atoms with Crippen LogP contribution in [0, 0.1) is 5.82 Å². The molecule has 3 aromatic carbocycles. The number of urea groups is 1. The number of aromatic nitrogens is 1. The molecule has 8 heteroatoms. The Bertz CT molecular complexity index is 1520. The number of benzene rings is 3. The standard InChI is InChI=1S/C28H21ClFN3O3/c29-19-9-11-20(12-10-19)31-28(36)33-17-23(22-5-1-2-6-25(22)33)26(34)15-18-8-13-21(16-24(18)30)32-14-4-3-7-27(32)35/h1-14,16,23H,15,17H2,(H,31,36). The average Bonchev–Trinajstić information content (AvgIpc) is 3.27. The van der Waals surface area contributed by atoms with Gasteiger partial charge in [-0.2, -0.15) is 0 Å². The Labute approximate surface area is 211 Å². The molecule has 2 amide bonds. The normalized spacial score (nSPS) is 14.4. The molecule has 180 valence electrons. The minimum atomic E-state index is -0.590. The van der Waals surface area contributed by atoms with Crippen LogP contribution >= 0.6 is 11.6 Å². The van der Waals surface area contributed by atoms with Gasteiger partial charge < -0.3 is 5.32 Å². The van der Waals surface area contributed by atoms with Crippen molar-refractivity contribution in [3.8, 4) is 5.69 Å². The maximum absolute atomic E-state index is 14.9. The first-order valence-electron chi connectivity index (χ1n) is 11.3. The van der Waals surface area contributed by atoms with Gasteiger partial charge in [0.1, 0.15) is 11.6 Å². The molecule has 0 radical (unpaired) electrons. The summed E-state index contributed by atoms with van der Waals surface area (Å²) in [6.07, 6.45) is 1.42. The highest BCUT2D eigenvalue weighted by molar-refractivity contribution is 6.30. The minimum absolute atomic E-state index is 0.137. The van der Waals surface area contributed by atoms with Crippen LogP contribution in [0.2, 0.25) is 5.02 Å². The zero-order valence-corrected chi connectivity index (χ0v) is 19.8. The number of carbonyl (C=O) groups is 2. The number of pyridine rings is 1. The van der Waals surface area contributed by atoms with Crippen LogP contribution < -0.4 is 15.8 Å². The molecule has 0 saturated heterocycles. The van der Waals surface area contributed by atoms with Crippen molar-refractivity contribution >= 4 is 34.8 Å². The molecule has 2 heterocycles. The first kappa shape index (κ1) is 23.5. The number of hydrogen-bond donors (Lipinski definition) is 1. The van der Waals surface area contributed by atoms with Crippen LogP contribution in [0.3, 0.4) is 0 Å². The number of amides is 2. The first-order chi connectivity index (χ1) is 17.4. The van der Waals surface area contributed by atoms with Crippen LogP contribution in [0.15, 0.2) is 95.9 Å². The van der Waals surface area contributed by atoms with Crippen molar-refractivity contribution in [1.29, 1.82) is 0 Å². The van der Waals surface area contributed by atoms with Crippen molar-refractivity contribution in [1.82, 2.24) is 4.57 Å². The number of Topliss-reactive ketones (excluding diaryl/α,β-unsaturated/α-hetero) is 1. The summed E-state index contributed by atoms with van der Waals surface area (Å²) in [6.45, 7) is 0.150. The van der Waals surface area contributed by atoms with Crippen LogP contribution in [0.5, 0.6) is 0 Å². The monoisotopic (exact) mass is 501 g/mol. The summed E-state index contributed by atoms with van der Waals surface area (Å²) in [5.74, 6) is -1.36. The summed E-state index contributed by atoms with van der Waals surface area (Å²) in [4.78, 5) is 39.9. The number of nitrogens with zero attached hydrogens (tertiary/aromatic N) is 2. The number of fused-ring (bicyclic) bond motifs is 1. The zero-order valence-electron chi connectivity index (χ0n) is 19.0. The second kappa shape index (κ2) is 9.79. The van der Waals surface area contributed by atoms with Crippen molar-refractivity contribution in [2.45, 2.75) is 12.3 Å². The van der Waals surface area contributed by atoms with Crippen LogP contribution in [0.25, 0.3) is 5.69 Å². The Hall–Kier alpha value is -4.23. The lowest BCUT2D eigenvalue weighted by atomic mass is 9.92. The van der Waals surface area contributed by atoms with Crippen molar-refractivity contribution in [2.24, 2.45) is 0 Å². The fraction of sp³-hybridized carbons (Fsp3) is 0.107. The number of hydrogen-bond acceptors (Lipinski definition) is 3. The third-order valence-corrected chi connectivity index (χ3v) is 6.45. The maximum atomic E-state index is 14.9. The van der Waals surface area contributed by atoms with Gasteiger partial charge in [0.25, 0.3) is 5.56 Å². The van der Waals surface area contributed by atoms with Crippen LogP contribution in [0.1, 0.15) is 17.0 Å². The molecule has 1 unspecified atom stereocenters. The average molecular weight is 502 g/mol. The summed E-state index contributed by atoms with van der Waals surface area (Å²) >= 11 is 5.92. The maximum Gasteiger partial charge on any atom is 0.326 e.